The lowest BCUT2D eigenvalue weighted by Gasteiger charge is -2.16. The number of rotatable bonds is 6. The summed E-state index contributed by atoms with van der Waals surface area (Å²) in [6.07, 6.45) is -0.774. The largest absolute Gasteiger partial charge is 0.479 e. The molecular weight excluding hydrogens is 423 g/mol. The van der Waals surface area contributed by atoms with Crippen LogP contribution in [0.5, 0.6) is 5.75 Å². The molecule has 7 heteroatoms. The van der Waals surface area contributed by atoms with Gasteiger partial charge in [0.05, 0.1) is 5.02 Å². The van der Waals surface area contributed by atoms with Crippen LogP contribution in [0, 0.1) is 6.92 Å². The maximum Gasteiger partial charge on any atom is 0.265 e. The molecule has 30 heavy (non-hydrogen) atoms. The van der Waals surface area contributed by atoms with Gasteiger partial charge in [0.1, 0.15) is 5.75 Å². The molecule has 1 atom stereocenters. The molecular formula is C23H20Cl2N2O3. The Morgan fingerprint density at radius 3 is 2.17 bits per heavy atom. The van der Waals surface area contributed by atoms with Gasteiger partial charge >= 0.3 is 0 Å². The van der Waals surface area contributed by atoms with Crippen molar-refractivity contribution in [1.82, 2.24) is 0 Å². The average Bonchev–Trinajstić information content (AvgIpc) is 2.71. The highest BCUT2D eigenvalue weighted by Gasteiger charge is 2.17. The smallest absolute Gasteiger partial charge is 0.265 e. The van der Waals surface area contributed by atoms with Gasteiger partial charge in [0.2, 0.25) is 0 Å². The number of amides is 2. The fourth-order valence-corrected chi connectivity index (χ4v) is 3.17. The lowest BCUT2D eigenvalue weighted by atomic mass is 10.1. The van der Waals surface area contributed by atoms with Gasteiger partial charge in [0, 0.05) is 22.0 Å². The summed E-state index contributed by atoms with van der Waals surface area (Å²) in [6.45, 7) is 3.51. The Balaban J connectivity index is 1.58. The molecule has 0 saturated heterocycles. The standard InChI is InChI=1S/C23H20Cl2N2O3/c1-14-5-3-4-6-19(14)23(29)27-18-10-8-17(9-11-18)26-22(28)15(2)30-21-12-7-16(24)13-20(21)25/h3-13,15H,1-2H3,(H,26,28)(H,27,29). The highest BCUT2D eigenvalue weighted by atomic mass is 35.5. The zero-order valence-electron chi connectivity index (χ0n) is 16.4. The van der Waals surface area contributed by atoms with Crippen LogP contribution in [-0.2, 0) is 4.79 Å². The average molecular weight is 443 g/mol. The van der Waals surface area contributed by atoms with Gasteiger partial charge in [0.15, 0.2) is 6.10 Å². The molecule has 0 spiro atoms. The number of anilines is 2. The molecule has 0 saturated carbocycles. The number of carbonyl (C=O) groups excluding carboxylic acids is 2. The van der Waals surface area contributed by atoms with Crippen molar-refractivity contribution >= 4 is 46.4 Å². The number of aryl methyl sites for hydroxylation is 1. The van der Waals surface area contributed by atoms with E-state index in [-0.39, 0.29) is 11.8 Å². The third-order valence-electron chi connectivity index (χ3n) is 4.37. The minimum absolute atomic E-state index is 0.188. The Morgan fingerprint density at radius 2 is 1.53 bits per heavy atom. The van der Waals surface area contributed by atoms with Gasteiger partial charge in [0.25, 0.3) is 11.8 Å². The number of nitrogens with one attached hydrogen (secondary N) is 2. The Bertz CT molecular complexity index is 1070. The molecule has 0 aromatic heterocycles. The van der Waals surface area contributed by atoms with E-state index in [4.69, 9.17) is 27.9 Å². The summed E-state index contributed by atoms with van der Waals surface area (Å²) in [5.41, 5.74) is 2.71. The second-order valence-electron chi connectivity index (χ2n) is 6.67. The van der Waals surface area contributed by atoms with Gasteiger partial charge in [-0.2, -0.15) is 0 Å². The topological polar surface area (TPSA) is 67.4 Å². The van der Waals surface area contributed by atoms with Crippen LogP contribution < -0.4 is 15.4 Å². The van der Waals surface area contributed by atoms with E-state index >= 15 is 0 Å². The molecule has 2 N–H and O–H groups in total. The molecule has 0 heterocycles. The zero-order valence-corrected chi connectivity index (χ0v) is 17.9. The van der Waals surface area contributed by atoms with Crippen molar-refractivity contribution in [3.8, 4) is 5.75 Å². The van der Waals surface area contributed by atoms with Crippen LogP contribution >= 0.6 is 23.2 Å². The van der Waals surface area contributed by atoms with Gasteiger partial charge in [-0.3, -0.25) is 9.59 Å². The van der Waals surface area contributed by atoms with Gasteiger partial charge in [-0.15, -0.1) is 0 Å². The molecule has 2 amide bonds. The molecule has 0 aliphatic heterocycles. The van der Waals surface area contributed by atoms with Crippen LogP contribution in [0.15, 0.2) is 66.7 Å². The number of carbonyl (C=O) groups is 2. The summed E-state index contributed by atoms with van der Waals surface area (Å²) in [5, 5.41) is 6.43. The monoisotopic (exact) mass is 442 g/mol. The molecule has 3 aromatic carbocycles. The second kappa shape index (κ2) is 9.65. The Hall–Kier alpha value is -3.02. The fourth-order valence-electron chi connectivity index (χ4n) is 2.72. The summed E-state index contributed by atoms with van der Waals surface area (Å²) in [4.78, 5) is 24.8. The molecule has 0 aliphatic rings. The molecule has 3 aromatic rings. The van der Waals surface area contributed by atoms with E-state index in [0.717, 1.165) is 5.56 Å². The van der Waals surface area contributed by atoms with Gasteiger partial charge < -0.3 is 15.4 Å². The summed E-state index contributed by atoms with van der Waals surface area (Å²) < 4.78 is 5.61. The van der Waals surface area contributed by atoms with Crippen molar-refractivity contribution in [2.24, 2.45) is 0 Å². The number of hydrogen-bond acceptors (Lipinski definition) is 3. The lowest BCUT2D eigenvalue weighted by molar-refractivity contribution is -0.122. The normalized spacial score (nSPS) is 11.5. The minimum atomic E-state index is -0.774. The van der Waals surface area contributed by atoms with Crippen molar-refractivity contribution in [3.05, 3.63) is 87.9 Å². The van der Waals surface area contributed by atoms with Crippen LogP contribution in [0.3, 0.4) is 0 Å². The van der Waals surface area contributed by atoms with Gasteiger partial charge in [-0.25, -0.2) is 0 Å². The van der Waals surface area contributed by atoms with Crippen molar-refractivity contribution in [1.29, 1.82) is 0 Å². The molecule has 0 fully saturated rings. The first kappa shape index (κ1) is 21.7. The van der Waals surface area contributed by atoms with Crippen molar-refractivity contribution in [3.63, 3.8) is 0 Å². The van der Waals surface area contributed by atoms with Crippen LogP contribution in [-0.4, -0.2) is 17.9 Å². The maximum absolute atomic E-state index is 12.4. The van der Waals surface area contributed by atoms with E-state index in [2.05, 4.69) is 10.6 Å². The Labute approximate surface area is 185 Å². The second-order valence-corrected chi connectivity index (χ2v) is 7.51. The zero-order chi connectivity index (χ0) is 21.7. The highest BCUT2D eigenvalue weighted by Crippen LogP contribution is 2.28. The molecule has 1 unspecified atom stereocenters. The van der Waals surface area contributed by atoms with E-state index < -0.39 is 6.10 Å². The lowest BCUT2D eigenvalue weighted by Crippen LogP contribution is -2.30. The number of halogens is 2. The van der Waals surface area contributed by atoms with Gasteiger partial charge in [-0.1, -0.05) is 41.4 Å². The SMILES string of the molecule is Cc1ccccc1C(=O)Nc1ccc(NC(=O)C(C)Oc2ccc(Cl)cc2Cl)cc1. The number of hydrogen-bond donors (Lipinski definition) is 2. The third kappa shape index (κ3) is 5.53. The Kier molecular flexibility index (Phi) is 6.98. The molecule has 0 bridgehead atoms. The van der Waals surface area contributed by atoms with E-state index in [1.807, 2.05) is 25.1 Å². The fraction of sp³-hybridized carbons (Fsp3) is 0.130. The summed E-state index contributed by atoms with van der Waals surface area (Å²) in [7, 11) is 0. The molecule has 5 nitrogen and oxygen atoms in total. The predicted octanol–water partition coefficient (Wildman–Crippen LogP) is 5.96. The highest BCUT2D eigenvalue weighted by molar-refractivity contribution is 6.35. The van der Waals surface area contributed by atoms with Crippen molar-refractivity contribution in [2.75, 3.05) is 10.6 Å². The van der Waals surface area contributed by atoms with Crippen LogP contribution in [0.25, 0.3) is 0 Å². The van der Waals surface area contributed by atoms with Gasteiger partial charge in [-0.05, 0) is 67.9 Å². The summed E-state index contributed by atoms with van der Waals surface area (Å²) in [5.74, 6) is -0.151. The minimum Gasteiger partial charge on any atom is -0.479 e. The quantitative estimate of drug-likeness (QED) is 0.494. The van der Waals surface area contributed by atoms with Crippen molar-refractivity contribution in [2.45, 2.75) is 20.0 Å². The van der Waals surface area contributed by atoms with Crippen LogP contribution in [0.4, 0.5) is 11.4 Å². The summed E-state index contributed by atoms with van der Waals surface area (Å²) >= 11 is 11.9. The van der Waals surface area contributed by atoms with E-state index in [0.29, 0.717) is 32.7 Å². The number of ether oxygens (including phenoxy) is 1. The van der Waals surface area contributed by atoms with Crippen LogP contribution in [0.1, 0.15) is 22.8 Å². The molecule has 154 valence electrons. The third-order valence-corrected chi connectivity index (χ3v) is 4.90. The summed E-state index contributed by atoms with van der Waals surface area (Å²) in [6, 6.07) is 19.0. The first-order valence-electron chi connectivity index (χ1n) is 9.23. The maximum atomic E-state index is 12.4. The van der Waals surface area contributed by atoms with E-state index in [1.54, 1.807) is 55.5 Å². The van der Waals surface area contributed by atoms with E-state index in [1.165, 1.54) is 0 Å². The first-order valence-corrected chi connectivity index (χ1v) is 9.98. The Morgan fingerprint density at radius 1 is 0.900 bits per heavy atom. The number of benzene rings is 3. The first-order chi connectivity index (χ1) is 14.3. The predicted molar refractivity (Wildman–Crippen MR) is 121 cm³/mol. The van der Waals surface area contributed by atoms with E-state index in [9.17, 15) is 9.59 Å². The van der Waals surface area contributed by atoms with Crippen LogP contribution in [0.2, 0.25) is 10.0 Å². The van der Waals surface area contributed by atoms with Crippen molar-refractivity contribution < 1.29 is 14.3 Å². The molecule has 3 rings (SSSR count). The molecule has 0 aliphatic carbocycles. The molecule has 0 radical (unpaired) electrons.